The van der Waals surface area contributed by atoms with Crippen LogP contribution in [0.15, 0.2) is 27.6 Å². The second-order valence-corrected chi connectivity index (χ2v) is 7.94. The molecule has 0 amide bonds. The standard InChI is InChI=1S/C14H20BrNO3S/c1-2-11-5-7-16(8-6-11)20(18,19)14-9-12(10-17)3-4-13(14)15/h3-4,9,11,17H,2,5-8,10H2,1H3. The SMILES string of the molecule is CCC1CCN(S(=O)(=O)c2cc(CO)ccc2Br)CC1. The zero-order valence-corrected chi connectivity index (χ0v) is 14.0. The third-order valence-electron chi connectivity index (χ3n) is 3.95. The summed E-state index contributed by atoms with van der Waals surface area (Å²) < 4.78 is 27.5. The molecule has 0 radical (unpaired) electrons. The topological polar surface area (TPSA) is 57.6 Å². The lowest BCUT2D eigenvalue weighted by Crippen LogP contribution is -2.38. The van der Waals surface area contributed by atoms with E-state index in [1.807, 2.05) is 0 Å². The summed E-state index contributed by atoms with van der Waals surface area (Å²) in [5.41, 5.74) is 0.607. The van der Waals surface area contributed by atoms with Gasteiger partial charge in [0.1, 0.15) is 0 Å². The van der Waals surface area contributed by atoms with Crippen LogP contribution in [0.1, 0.15) is 31.7 Å². The lowest BCUT2D eigenvalue weighted by Gasteiger charge is -2.31. The number of sulfonamides is 1. The molecule has 1 heterocycles. The van der Waals surface area contributed by atoms with Crippen LogP contribution in [0.2, 0.25) is 0 Å². The van der Waals surface area contributed by atoms with Gasteiger partial charge in [-0.05, 0) is 52.4 Å². The highest BCUT2D eigenvalue weighted by atomic mass is 79.9. The quantitative estimate of drug-likeness (QED) is 0.896. The molecule has 6 heteroatoms. The first-order valence-corrected chi connectivity index (χ1v) is 9.11. The zero-order chi connectivity index (χ0) is 14.8. The molecule has 1 aliphatic rings. The number of piperidine rings is 1. The van der Waals surface area contributed by atoms with Crippen LogP contribution in [-0.4, -0.2) is 30.9 Å². The number of aliphatic hydroxyl groups excluding tert-OH is 1. The Morgan fingerprint density at radius 1 is 1.35 bits per heavy atom. The summed E-state index contributed by atoms with van der Waals surface area (Å²) in [6.07, 6.45) is 2.96. The predicted octanol–water partition coefficient (Wildman–Crippen LogP) is 2.75. The fourth-order valence-electron chi connectivity index (χ4n) is 2.54. The molecule has 2 rings (SSSR count). The van der Waals surface area contributed by atoms with Gasteiger partial charge in [-0.3, -0.25) is 0 Å². The van der Waals surface area contributed by atoms with Crippen molar-refractivity contribution in [2.24, 2.45) is 5.92 Å². The first-order valence-electron chi connectivity index (χ1n) is 6.88. The first kappa shape index (κ1) is 15.9. The largest absolute Gasteiger partial charge is 0.392 e. The number of halogens is 1. The van der Waals surface area contributed by atoms with Gasteiger partial charge < -0.3 is 5.11 Å². The van der Waals surface area contributed by atoms with Crippen LogP contribution in [0, 0.1) is 5.92 Å². The Morgan fingerprint density at radius 3 is 2.55 bits per heavy atom. The molecule has 0 unspecified atom stereocenters. The molecule has 1 saturated heterocycles. The number of nitrogens with zero attached hydrogens (tertiary/aromatic N) is 1. The van der Waals surface area contributed by atoms with Crippen molar-refractivity contribution in [1.29, 1.82) is 0 Å². The van der Waals surface area contributed by atoms with Crippen molar-refractivity contribution in [1.82, 2.24) is 4.31 Å². The van der Waals surface area contributed by atoms with E-state index in [2.05, 4.69) is 22.9 Å². The van der Waals surface area contributed by atoms with E-state index in [4.69, 9.17) is 0 Å². The van der Waals surface area contributed by atoms with E-state index in [1.165, 1.54) is 0 Å². The minimum Gasteiger partial charge on any atom is -0.392 e. The molecule has 1 aliphatic heterocycles. The van der Waals surface area contributed by atoms with Crippen LogP contribution in [0.3, 0.4) is 0 Å². The van der Waals surface area contributed by atoms with Crippen molar-refractivity contribution in [3.63, 3.8) is 0 Å². The van der Waals surface area contributed by atoms with Crippen LogP contribution in [-0.2, 0) is 16.6 Å². The highest BCUT2D eigenvalue weighted by Gasteiger charge is 2.30. The van der Waals surface area contributed by atoms with E-state index in [0.29, 0.717) is 29.0 Å². The minimum absolute atomic E-state index is 0.159. The van der Waals surface area contributed by atoms with Gasteiger partial charge in [0.2, 0.25) is 10.0 Å². The van der Waals surface area contributed by atoms with Gasteiger partial charge >= 0.3 is 0 Å². The van der Waals surface area contributed by atoms with E-state index >= 15 is 0 Å². The predicted molar refractivity (Wildman–Crippen MR) is 81.8 cm³/mol. The van der Waals surface area contributed by atoms with Gasteiger partial charge in [0.05, 0.1) is 11.5 Å². The smallest absolute Gasteiger partial charge is 0.244 e. The first-order chi connectivity index (χ1) is 9.48. The number of aliphatic hydroxyl groups is 1. The molecule has 4 nitrogen and oxygen atoms in total. The summed E-state index contributed by atoms with van der Waals surface area (Å²) in [5.74, 6) is 0.633. The third-order valence-corrected chi connectivity index (χ3v) is 6.84. The Hall–Kier alpha value is -0.430. The van der Waals surface area contributed by atoms with E-state index < -0.39 is 10.0 Å². The molecule has 112 valence electrons. The molecule has 20 heavy (non-hydrogen) atoms. The van der Waals surface area contributed by atoms with Crippen LogP contribution in [0.5, 0.6) is 0 Å². The van der Waals surface area contributed by atoms with Gasteiger partial charge in [0, 0.05) is 17.6 Å². The normalized spacial score (nSPS) is 18.4. The molecule has 1 aromatic carbocycles. The minimum atomic E-state index is -3.48. The lowest BCUT2D eigenvalue weighted by molar-refractivity contribution is 0.268. The monoisotopic (exact) mass is 361 g/mol. The van der Waals surface area contributed by atoms with E-state index in [-0.39, 0.29) is 11.5 Å². The molecule has 0 aromatic heterocycles. The third kappa shape index (κ3) is 3.24. The number of rotatable bonds is 4. The van der Waals surface area contributed by atoms with Crippen molar-refractivity contribution < 1.29 is 13.5 Å². The van der Waals surface area contributed by atoms with Gasteiger partial charge in [0.15, 0.2) is 0 Å². The molecular weight excluding hydrogens is 342 g/mol. The van der Waals surface area contributed by atoms with Gasteiger partial charge in [-0.25, -0.2) is 8.42 Å². The molecule has 0 saturated carbocycles. The molecule has 1 N–H and O–H groups in total. The zero-order valence-electron chi connectivity index (χ0n) is 11.5. The maximum Gasteiger partial charge on any atom is 0.244 e. The Kier molecular flexibility index (Phi) is 5.23. The maximum atomic E-state index is 12.7. The van der Waals surface area contributed by atoms with Crippen LogP contribution < -0.4 is 0 Å². The Morgan fingerprint density at radius 2 is 2.00 bits per heavy atom. The number of benzene rings is 1. The number of hydrogen-bond acceptors (Lipinski definition) is 3. The van der Waals surface area contributed by atoms with Crippen molar-refractivity contribution in [2.75, 3.05) is 13.1 Å². The maximum absolute atomic E-state index is 12.7. The van der Waals surface area contributed by atoms with Crippen molar-refractivity contribution >= 4 is 26.0 Å². The summed E-state index contributed by atoms with van der Waals surface area (Å²) in [4.78, 5) is 0.249. The average Bonchev–Trinajstić information content (AvgIpc) is 2.47. The van der Waals surface area contributed by atoms with E-state index in [0.717, 1.165) is 19.3 Å². The Bertz CT molecular complexity index is 566. The second kappa shape index (κ2) is 6.56. The molecule has 0 bridgehead atoms. The summed E-state index contributed by atoms with van der Waals surface area (Å²) in [6.45, 7) is 3.15. The molecule has 0 aliphatic carbocycles. The fourth-order valence-corrected chi connectivity index (χ4v) is 4.99. The van der Waals surface area contributed by atoms with E-state index in [1.54, 1.807) is 22.5 Å². The van der Waals surface area contributed by atoms with Gasteiger partial charge in [-0.2, -0.15) is 4.31 Å². The van der Waals surface area contributed by atoms with Gasteiger partial charge in [0.25, 0.3) is 0 Å². The highest BCUT2D eigenvalue weighted by Crippen LogP contribution is 2.30. The summed E-state index contributed by atoms with van der Waals surface area (Å²) in [7, 11) is -3.48. The average molecular weight is 362 g/mol. The Balaban J connectivity index is 2.27. The number of hydrogen-bond donors (Lipinski definition) is 1. The highest BCUT2D eigenvalue weighted by molar-refractivity contribution is 9.10. The van der Waals surface area contributed by atoms with Crippen LogP contribution in [0.4, 0.5) is 0 Å². The van der Waals surface area contributed by atoms with Crippen molar-refractivity contribution in [3.8, 4) is 0 Å². The molecule has 1 fully saturated rings. The van der Waals surface area contributed by atoms with Crippen LogP contribution in [0.25, 0.3) is 0 Å². The summed E-state index contributed by atoms with van der Waals surface area (Å²) in [6, 6.07) is 4.94. The Labute approximate surface area is 129 Å². The molecular formula is C14H20BrNO3S. The summed E-state index contributed by atoms with van der Waals surface area (Å²) >= 11 is 3.30. The summed E-state index contributed by atoms with van der Waals surface area (Å²) in [5, 5.41) is 9.17. The molecule has 0 atom stereocenters. The van der Waals surface area contributed by atoms with E-state index in [9.17, 15) is 13.5 Å². The van der Waals surface area contributed by atoms with Crippen molar-refractivity contribution in [2.45, 2.75) is 37.7 Å². The second-order valence-electron chi connectivity index (χ2n) is 5.18. The molecule has 0 spiro atoms. The van der Waals surface area contributed by atoms with Crippen molar-refractivity contribution in [3.05, 3.63) is 28.2 Å². The van der Waals surface area contributed by atoms with Gasteiger partial charge in [-0.15, -0.1) is 0 Å². The lowest BCUT2D eigenvalue weighted by atomic mass is 9.96. The molecule has 1 aromatic rings. The fraction of sp³-hybridized carbons (Fsp3) is 0.571. The van der Waals surface area contributed by atoms with Gasteiger partial charge in [-0.1, -0.05) is 19.4 Å². The van der Waals surface area contributed by atoms with Crippen LogP contribution >= 0.6 is 15.9 Å².